The standard InChI is InChI=1S/C14H21FN4O2.HI/c1-2-21-9-3-8-17-14(16)18-10-13(20)19-12-6-4-11(15)5-7-12;/h4-7H,2-3,8-10H2,1H3,(H,19,20)(H3,16,17,18);1H. The Balaban J connectivity index is 0.00000441. The minimum absolute atomic E-state index is 0. The fraction of sp³-hybridized carbons (Fsp3) is 0.429. The Morgan fingerprint density at radius 1 is 1.36 bits per heavy atom. The number of halogens is 2. The van der Waals surface area contributed by atoms with Crippen molar-refractivity contribution < 1.29 is 13.9 Å². The van der Waals surface area contributed by atoms with Crippen LogP contribution in [0.4, 0.5) is 10.1 Å². The first-order chi connectivity index (χ1) is 10.1. The topological polar surface area (TPSA) is 88.7 Å². The number of hydrogen-bond donors (Lipinski definition) is 3. The monoisotopic (exact) mass is 424 g/mol. The molecule has 0 atom stereocenters. The third-order valence-corrected chi connectivity index (χ3v) is 2.50. The van der Waals surface area contributed by atoms with Crippen LogP contribution in [0.3, 0.4) is 0 Å². The normalized spacial score (nSPS) is 10.7. The van der Waals surface area contributed by atoms with Gasteiger partial charge in [-0.3, -0.25) is 4.79 Å². The van der Waals surface area contributed by atoms with E-state index < -0.39 is 0 Å². The zero-order valence-corrected chi connectivity index (χ0v) is 14.8. The van der Waals surface area contributed by atoms with E-state index in [0.29, 0.717) is 25.4 Å². The number of nitrogens with zero attached hydrogens (tertiary/aromatic N) is 1. The SMILES string of the molecule is CCOCCCNC(N)=NCC(=O)Nc1ccc(F)cc1.I. The van der Waals surface area contributed by atoms with Gasteiger partial charge in [-0.25, -0.2) is 9.38 Å². The minimum Gasteiger partial charge on any atom is -0.382 e. The number of ether oxygens (including phenoxy) is 1. The zero-order valence-electron chi connectivity index (χ0n) is 12.5. The summed E-state index contributed by atoms with van der Waals surface area (Å²) >= 11 is 0. The predicted octanol–water partition coefficient (Wildman–Crippen LogP) is 1.71. The van der Waals surface area contributed by atoms with Gasteiger partial charge in [-0.05, 0) is 37.6 Å². The molecule has 8 heteroatoms. The van der Waals surface area contributed by atoms with Gasteiger partial charge in [-0.1, -0.05) is 0 Å². The summed E-state index contributed by atoms with van der Waals surface area (Å²) in [6, 6.07) is 5.50. The number of amides is 1. The minimum atomic E-state index is -0.355. The Bertz CT molecular complexity index is 468. The van der Waals surface area contributed by atoms with Crippen LogP contribution in [0.2, 0.25) is 0 Å². The molecule has 0 fully saturated rings. The third kappa shape index (κ3) is 9.50. The summed E-state index contributed by atoms with van der Waals surface area (Å²) in [5.74, 6) is -0.465. The molecule has 0 aliphatic rings. The average Bonchev–Trinajstić information content (AvgIpc) is 2.47. The molecule has 0 bridgehead atoms. The molecule has 0 radical (unpaired) electrons. The first kappa shape index (κ1) is 20.6. The van der Waals surface area contributed by atoms with Crippen LogP contribution < -0.4 is 16.4 Å². The van der Waals surface area contributed by atoms with Gasteiger partial charge in [0, 0.05) is 25.4 Å². The number of carbonyl (C=O) groups excluding carboxylic acids is 1. The lowest BCUT2D eigenvalue weighted by Crippen LogP contribution is -2.34. The largest absolute Gasteiger partial charge is 0.382 e. The number of rotatable bonds is 8. The molecule has 0 heterocycles. The predicted molar refractivity (Wildman–Crippen MR) is 96.0 cm³/mol. The van der Waals surface area contributed by atoms with Gasteiger partial charge >= 0.3 is 0 Å². The molecule has 124 valence electrons. The molecule has 1 amide bonds. The number of benzene rings is 1. The van der Waals surface area contributed by atoms with Gasteiger partial charge in [-0.2, -0.15) is 0 Å². The molecule has 4 N–H and O–H groups in total. The van der Waals surface area contributed by atoms with Crippen LogP contribution in [0.5, 0.6) is 0 Å². The van der Waals surface area contributed by atoms with E-state index in [2.05, 4.69) is 15.6 Å². The van der Waals surface area contributed by atoms with Crippen molar-refractivity contribution in [1.82, 2.24) is 5.32 Å². The van der Waals surface area contributed by atoms with Crippen molar-refractivity contribution in [1.29, 1.82) is 0 Å². The van der Waals surface area contributed by atoms with E-state index in [-0.39, 0.29) is 48.2 Å². The number of nitrogens with one attached hydrogen (secondary N) is 2. The molecule has 0 aliphatic heterocycles. The molecule has 1 rings (SSSR count). The van der Waals surface area contributed by atoms with Gasteiger partial charge in [0.2, 0.25) is 5.91 Å². The van der Waals surface area contributed by atoms with Gasteiger partial charge in [0.05, 0.1) is 0 Å². The lowest BCUT2D eigenvalue weighted by atomic mass is 10.3. The number of guanidine groups is 1. The highest BCUT2D eigenvalue weighted by atomic mass is 127. The van der Waals surface area contributed by atoms with Crippen molar-refractivity contribution in [3.63, 3.8) is 0 Å². The van der Waals surface area contributed by atoms with E-state index in [1.165, 1.54) is 24.3 Å². The van der Waals surface area contributed by atoms with Crippen molar-refractivity contribution in [2.75, 3.05) is 31.6 Å². The summed E-state index contributed by atoms with van der Waals surface area (Å²) in [5, 5.41) is 5.48. The molecule has 1 aromatic rings. The second-order valence-electron chi connectivity index (χ2n) is 4.23. The molecule has 22 heavy (non-hydrogen) atoms. The number of nitrogens with two attached hydrogens (primary N) is 1. The van der Waals surface area contributed by atoms with E-state index in [1.807, 2.05) is 6.92 Å². The molecule has 6 nitrogen and oxygen atoms in total. The van der Waals surface area contributed by atoms with E-state index in [4.69, 9.17) is 10.5 Å². The highest BCUT2D eigenvalue weighted by Crippen LogP contribution is 2.07. The second-order valence-corrected chi connectivity index (χ2v) is 4.23. The van der Waals surface area contributed by atoms with Crippen molar-refractivity contribution >= 4 is 41.5 Å². The average molecular weight is 424 g/mol. The van der Waals surface area contributed by atoms with Crippen molar-refractivity contribution in [2.45, 2.75) is 13.3 Å². The molecular weight excluding hydrogens is 402 g/mol. The lowest BCUT2D eigenvalue weighted by molar-refractivity contribution is -0.114. The van der Waals surface area contributed by atoms with Crippen LogP contribution in [0.25, 0.3) is 0 Å². The Hall–Kier alpha value is -1.42. The first-order valence-corrected chi connectivity index (χ1v) is 6.78. The summed E-state index contributed by atoms with van der Waals surface area (Å²) in [4.78, 5) is 15.5. The molecule has 0 unspecified atom stereocenters. The van der Waals surface area contributed by atoms with Crippen LogP contribution in [0.1, 0.15) is 13.3 Å². The number of carbonyl (C=O) groups is 1. The summed E-state index contributed by atoms with van der Waals surface area (Å²) in [7, 11) is 0. The summed E-state index contributed by atoms with van der Waals surface area (Å²) in [5.41, 5.74) is 6.13. The maximum Gasteiger partial charge on any atom is 0.246 e. The molecule has 0 aliphatic carbocycles. The maximum absolute atomic E-state index is 12.7. The lowest BCUT2D eigenvalue weighted by Gasteiger charge is -2.06. The smallest absolute Gasteiger partial charge is 0.246 e. The van der Waals surface area contributed by atoms with Crippen LogP contribution in [-0.2, 0) is 9.53 Å². The van der Waals surface area contributed by atoms with E-state index in [1.54, 1.807) is 0 Å². The zero-order chi connectivity index (χ0) is 15.5. The summed E-state index contributed by atoms with van der Waals surface area (Å²) < 4.78 is 17.9. The Labute approximate surface area is 146 Å². The molecule has 0 saturated carbocycles. The summed E-state index contributed by atoms with van der Waals surface area (Å²) in [6.45, 7) is 3.81. The number of aliphatic imine (C=N–C) groups is 1. The van der Waals surface area contributed by atoms with E-state index in [9.17, 15) is 9.18 Å². The highest BCUT2D eigenvalue weighted by Gasteiger charge is 2.02. The molecule has 0 spiro atoms. The Morgan fingerprint density at radius 3 is 2.68 bits per heavy atom. The molecule has 1 aromatic carbocycles. The summed E-state index contributed by atoms with van der Waals surface area (Å²) in [6.07, 6.45) is 0.811. The van der Waals surface area contributed by atoms with Gasteiger partial charge in [0.15, 0.2) is 5.96 Å². The fourth-order valence-electron chi connectivity index (χ4n) is 1.48. The Morgan fingerprint density at radius 2 is 2.05 bits per heavy atom. The maximum atomic E-state index is 12.7. The highest BCUT2D eigenvalue weighted by molar-refractivity contribution is 14.0. The second kappa shape index (κ2) is 12.2. The molecule has 0 aromatic heterocycles. The van der Waals surface area contributed by atoms with Crippen molar-refractivity contribution in [2.24, 2.45) is 10.7 Å². The van der Waals surface area contributed by atoms with Gasteiger partial charge in [-0.15, -0.1) is 24.0 Å². The quantitative estimate of drug-likeness (QED) is 0.257. The number of hydrogen-bond acceptors (Lipinski definition) is 3. The van der Waals surface area contributed by atoms with Gasteiger partial charge < -0.3 is 21.1 Å². The van der Waals surface area contributed by atoms with Gasteiger partial charge in [0.25, 0.3) is 0 Å². The van der Waals surface area contributed by atoms with Crippen molar-refractivity contribution in [3.8, 4) is 0 Å². The van der Waals surface area contributed by atoms with Gasteiger partial charge in [0.1, 0.15) is 12.4 Å². The van der Waals surface area contributed by atoms with Crippen molar-refractivity contribution in [3.05, 3.63) is 30.1 Å². The number of anilines is 1. The van der Waals surface area contributed by atoms with Crippen LogP contribution in [-0.4, -0.2) is 38.2 Å². The molecule has 0 saturated heterocycles. The van der Waals surface area contributed by atoms with Crippen LogP contribution in [0, 0.1) is 5.82 Å². The van der Waals surface area contributed by atoms with Crippen LogP contribution in [0.15, 0.2) is 29.3 Å². The van der Waals surface area contributed by atoms with E-state index >= 15 is 0 Å². The van der Waals surface area contributed by atoms with Crippen LogP contribution >= 0.6 is 24.0 Å². The first-order valence-electron chi connectivity index (χ1n) is 6.78. The Kier molecular flexibility index (Phi) is 11.4. The third-order valence-electron chi connectivity index (χ3n) is 2.50. The van der Waals surface area contributed by atoms with E-state index in [0.717, 1.165) is 6.42 Å². The fourth-order valence-corrected chi connectivity index (χ4v) is 1.48. The molecular formula is C14H22FIN4O2.